The summed E-state index contributed by atoms with van der Waals surface area (Å²) in [6.07, 6.45) is 3.46. The number of amides is 1. The van der Waals surface area contributed by atoms with E-state index in [4.69, 9.17) is 5.73 Å². The number of hydrogen-bond acceptors (Lipinski definition) is 4. The number of carbonyl (C=O) groups excluding carboxylic acids is 1. The molecule has 1 aromatic heterocycles. The number of nitrogen functional groups attached to an aromatic ring is 1. The maximum absolute atomic E-state index is 14.6. The zero-order valence-electron chi connectivity index (χ0n) is 16.7. The van der Waals surface area contributed by atoms with Gasteiger partial charge < -0.3 is 16.0 Å². The molecule has 1 aliphatic heterocycles. The molecule has 1 aliphatic rings. The second-order valence-corrected chi connectivity index (χ2v) is 7.84. The first-order chi connectivity index (χ1) is 13.9. The van der Waals surface area contributed by atoms with Crippen LogP contribution in [0.1, 0.15) is 28.8 Å². The standard InChI is InChI=1S/C23H25FN4O/c1-14-4-3-5-20(24)22(14)15-10-16-13-26-21(25)12-18(16)19(11-15)23(29)27-17-6-8-28(2)9-7-17/h3-5,10-13,17H,6-9H2,1-2H3,(H2,25,26)(H,27,29). The van der Waals surface area contributed by atoms with Crippen LogP contribution in [0.2, 0.25) is 0 Å². The van der Waals surface area contributed by atoms with Crippen LogP contribution in [-0.4, -0.2) is 42.0 Å². The molecule has 3 N–H and O–H groups in total. The van der Waals surface area contributed by atoms with Crippen molar-refractivity contribution in [1.29, 1.82) is 0 Å². The Morgan fingerprint density at radius 2 is 2.00 bits per heavy atom. The van der Waals surface area contributed by atoms with Crippen molar-refractivity contribution in [2.45, 2.75) is 25.8 Å². The van der Waals surface area contributed by atoms with Crippen molar-refractivity contribution in [2.75, 3.05) is 25.9 Å². The fourth-order valence-electron chi connectivity index (χ4n) is 4.02. The van der Waals surface area contributed by atoms with Crippen molar-refractivity contribution in [1.82, 2.24) is 15.2 Å². The maximum Gasteiger partial charge on any atom is 0.252 e. The number of likely N-dealkylation sites (tertiary alicyclic amines) is 1. The highest BCUT2D eigenvalue weighted by molar-refractivity contribution is 6.09. The van der Waals surface area contributed by atoms with E-state index in [0.717, 1.165) is 42.3 Å². The number of piperidine rings is 1. The van der Waals surface area contributed by atoms with Crippen LogP contribution in [0.4, 0.5) is 10.2 Å². The number of aryl methyl sites for hydroxylation is 1. The molecule has 0 unspecified atom stereocenters. The van der Waals surface area contributed by atoms with Gasteiger partial charge in [-0.1, -0.05) is 12.1 Å². The minimum Gasteiger partial charge on any atom is -0.384 e. The maximum atomic E-state index is 14.6. The van der Waals surface area contributed by atoms with Crippen LogP contribution < -0.4 is 11.1 Å². The van der Waals surface area contributed by atoms with Gasteiger partial charge in [-0.3, -0.25) is 4.79 Å². The van der Waals surface area contributed by atoms with Crippen LogP contribution in [0.25, 0.3) is 21.9 Å². The summed E-state index contributed by atoms with van der Waals surface area (Å²) in [5.74, 6) is -0.124. The second kappa shape index (κ2) is 7.79. The van der Waals surface area contributed by atoms with Crippen LogP contribution in [0.5, 0.6) is 0 Å². The number of fused-ring (bicyclic) bond motifs is 1. The van der Waals surface area contributed by atoms with Crippen molar-refractivity contribution in [3.63, 3.8) is 0 Å². The SMILES string of the molecule is Cc1cccc(F)c1-c1cc(C(=O)NC2CCN(C)CC2)c2cc(N)ncc2c1. The Labute approximate surface area is 169 Å². The fourth-order valence-corrected chi connectivity index (χ4v) is 4.02. The smallest absolute Gasteiger partial charge is 0.252 e. The molecule has 0 atom stereocenters. The molecule has 2 aromatic carbocycles. The quantitative estimate of drug-likeness (QED) is 0.712. The molecule has 5 nitrogen and oxygen atoms in total. The third-order valence-electron chi connectivity index (χ3n) is 5.67. The summed E-state index contributed by atoms with van der Waals surface area (Å²) in [5, 5.41) is 4.63. The molecule has 0 saturated carbocycles. The number of nitrogens with one attached hydrogen (secondary N) is 1. The monoisotopic (exact) mass is 392 g/mol. The van der Waals surface area contributed by atoms with Crippen LogP contribution in [0, 0.1) is 12.7 Å². The minimum atomic E-state index is -0.311. The number of nitrogens with two attached hydrogens (primary N) is 1. The van der Waals surface area contributed by atoms with E-state index in [0.29, 0.717) is 22.5 Å². The Kier molecular flexibility index (Phi) is 5.20. The first-order valence-electron chi connectivity index (χ1n) is 9.86. The Bertz CT molecular complexity index is 1050. The molecule has 6 heteroatoms. The average Bonchev–Trinajstić information content (AvgIpc) is 2.69. The number of aromatic nitrogens is 1. The second-order valence-electron chi connectivity index (χ2n) is 7.84. The molecule has 1 amide bonds. The van der Waals surface area contributed by atoms with Gasteiger partial charge in [-0.05, 0) is 80.7 Å². The largest absolute Gasteiger partial charge is 0.384 e. The first kappa shape index (κ1) is 19.3. The van der Waals surface area contributed by atoms with E-state index < -0.39 is 0 Å². The van der Waals surface area contributed by atoms with E-state index in [1.54, 1.807) is 24.4 Å². The number of benzene rings is 2. The lowest BCUT2D eigenvalue weighted by Crippen LogP contribution is -2.43. The van der Waals surface area contributed by atoms with Crippen LogP contribution in [-0.2, 0) is 0 Å². The number of hydrogen-bond donors (Lipinski definition) is 2. The van der Waals surface area contributed by atoms with E-state index >= 15 is 0 Å². The number of carbonyl (C=O) groups is 1. The lowest BCUT2D eigenvalue weighted by Gasteiger charge is -2.29. The summed E-state index contributed by atoms with van der Waals surface area (Å²) in [7, 11) is 2.08. The molecule has 0 aliphatic carbocycles. The predicted octanol–water partition coefficient (Wildman–Crippen LogP) is 3.76. The van der Waals surface area contributed by atoms with E-state index in [1.165, 1.54) is 6.07 Å². The number of nitrogens with zero attached hydrogens (tertiary/aromatic N) is 2. The molecule has 150 valence electrons. The normalized spacial score (nSPS) is 15.6. The van der Waals surface area contributed by atoms with Gasteiger partial charge in [-0.15, -0.1) is 0 Å². The topological polar surface area (TPSA) is 71.2 Å². The van der Waals surface area contributed by atoms with Gasteiger partial charge in [0, 0.05) is 28.8 Å². The fraction of sp³-hybridized carbons (Fsp3) is 0.304. The number of pyridine rings is 1. The molecule has 3 aromatic rings. The average molecular weight is 392 g/mol. The summed E-state index contributed by atoms with van der Waals surface area (Å²) in [6, 6.07) is 10.4. The summed E-state index contributed by atoms with van der Waals surface area (Å²) >= 11 is 0. The zero-order chi connectivity index (χ0) is 20.5. The number of halogens is 1. The zero-order valence-corrected chi connectivity index (χ0v) is 16.7. The predicted molar refractivity (Wildman–Crippen MR) is 114 cm³/mol. The Morgan fingerprint density at radius 1 is 1.24 bits per heavy atom. The van der Waals surface area contributed by atoms with E-state index in [-0.39, 0.29) is 17.8 Å². The molecule has 0 bridgehead atoms. The lowest BCUT2D eigenvalue weighted by molar-refractivity contribution is 0.0918. The van der Waals surface area contributed by atoms with Crippen molar-refractivity contribution in [3.05, 3.63) is 59.5 Å². The molecule has 1 fully saturated rings. The molecule has 29 heavy (non-hydrogen) atoms. The van der Waals surface area contributed by atoms with Crippen molar-refractivity contribution in [3.8, 4) is 11.1 Å². The van der Waals surface area contributed by atoms with Gasteiger partial charge in [0.1, 0.15) is 11.6 Å². The molecule has 0 radical (unpaired) electrons. The van der Waals surface area contributed by atoms with Crippen LogP contribution in [0.15, 0.2) is 42.6 Å². The summed E-state index contributed by atoms with van der Waals surface area (Å²) in [5.41, 5.74) is 8.35. The van der Waals surface area contributed by atoms with E-state index in [2.05, 4.69) is 22.2 Å². The van der Waals surface area contributed by atoms with E-state index in [9.17, 15) is 9.18 Å². The Morgan fingerprint density at radius 3 is 2.72 bits per heavy atom. The van der Waals surface area contributed by atoms with Gasteiger partial charge in [-0.2, -0.15) is 0 Å². The number of anilines is 1. The van der Waals surface area contributed by atoms with Crippen LogP contribution >= 0.6 is 0 Å². The molecular formula is C23H25FN4O. The highest BCUT2D eigenvalue weighted by Crippen LogP contribution is 2.32. The summed E-state index contributed by atoms with van der Waals surface area (Å²) in [6.45, 7) is 3.77. The number of rotatable bonds is 3. The molecule has 2 heterocycles. The molecular weight excluding hydrogens is 367 g/mol. The highest BCUT2D eigenvalue weighted by atomic mass is 19.1. The van der Waals surface area contributed by atoms with Crippen LogP contribution in [0.3, 0.4) is 0 Å². The summed E-state index contributed by atoms with van der Waals surface area (Å²) in [4.78, 5) is 19.6. The van der Waals surface area contributed by atoms with Crippen molar-refractivity contribution >= 4 is 22.5 Å². The van der Waals surface area contributed by atoms with Gasteiger partial charge in [0.2, 0.25) is 0 Å². The first-order valence-corrected chi connectivity index (χ1v) is 9.86. The van der Waals surface area contributed by atoms with Gasteiger partial charge >= 0.3 is 0 Å². The lowest BCUT2D eigenvalue weighted by atomic mass is 9.94. The summed E-state index contributed by atoms with van der Waals surface area (Å²) < 4.78 is 14.6. The molecule has 0 spiro atoms. The third-order valence-corrected chi connectivity index (χ3v) is 5.67. The minimum absolute atomic E-state index is 0.131. The third kappa shape index (κ3) is 3.93. The van der Waals surface area contributed by atoms with Crippen molar-refractivity contribution < 1.29 is 9.18 Å². The highest BCUT2D eigenvalue weighted by Gasteiger charge is 2.21. The van der Waals surface area contributed by atoms with Gasteiger partial charge in [0.05, 0.1) is 0 Å². The van der Waals surface area contributed by atoms with Gasteiger partial charge in [0.25, 0.3) is 5.91 Å². The van der Waals surface area contributed by atoms with Crippen molar-refractivity contribution in [2.24, 2.45) is 0 Å². The van der Waals surface area contributed by atoms with Gasteiger partial charge in [-0.25, -0.2) is 9.37 Å². The molecule has 4 rings (SSSR count). The molecule has 1 saturated heterocycles. The Balaban J connectivity index is 1.79. The Hall–Kier alpha value is -2.99. The van der Waals surface area contributed by atoms with E-state index in [1.807, 2.05) is 19.1 Å². The van der Waals surface area contributed by atoms with Gasteiger partial charge in [0.15, 0.2) is 0 Å².